The fourth-order valence-electron chi connectivity index (χ4n) is 3.16. The van der Waals surface area contributed by atoms with Crippen LogP contribution in [-0.2, 0) is 4.79 Å². The number of carbonyl (C=O) groups is 1. The number of hydrazone groups is 1. The second-order valence-electron chi connectivity index (χ2n) is 7.14. The zero-order valence-electron chi connectivity index (χ0n) is 18.6. The minimum atomic E-state index is -0.490. The Morgan fingerprint density at radius 3 is 2.60 bits per heavy atom. The van der Waals surface area contributed by atoms with Crippen LogP contribution in [0.2, 0.25) is 0 Å². The molecule has 1 N–H and O–H groups in total. The zero-order chi connectivity index (χ0) is 24.6. The van der Waals surface area contributed by atoms with E-state index in [1.54, 1.807) is 19.2 Å². The first-order chi connectivity index (χ1) is 17.0. The molecule has 4 aromatic rings. The predicted octanol–water partition coefficient (Wildman–Crippen LogP) is 4.09. The Morgan fingerprint density at radius 1 is 1.11 bits per heavy atom. The van der Waals surface area contributed by atoms with E-state index in [1.807, 2.05) is 59.2 Å². The lowest BCUT2D eigenvalue weighted by atomic mass is 10.2. The summed E-state index contributed by atoms with van der Waals surface area (Å²) in [6, 6.07) is 23.1. The van der Waals surface area contributed by atoms with Crippen LogP contribution < -0.4 is 10.2 Å². The van der Waals surface area contributed by atoms with Crippen molar-refractivity contribution in [3.8, 4) is 22.8 Å². The van der Waals surface area contributed by atoms with Crippen molar-refractivity contribution >= 4 is 29.6 Å². The number of thioether (sulfide) groups is 1. The van der Waals surface area contributed by atoms with Crippen molar-refractivity contribution in [3.05, 3.63) is 94.5 Å². The highest BCUT2D eigenvalue weighted by Crippen LogP contribution is 2.28. The average molecular weight is 489 g/mol. The highest BCUT2D eigenvalue weighted by molar-refractivity contribution is 7.99. The van der Waals surface area contributed by atoms with Crippen molar-refractivity contribution in [1.82, 2.24) is 20.2 Å². The number of carbonyl (C=O) groups excluding carboxylic acids is 1. The maximum atomic E-state index is 12.4. The summed E-state index contributed by atoms with van der Waals surface area (Å²) in [6.07, 6.45) is 1.35. The van der Waals surface area contributed by atoms with Gasteiger partial charge in [0.15, 0.2) is 11.0 Å². The summed E-state index contributed by atoms with van der Waals surface area (Å²) in [6.45, 7) is 0. The molecule has 0 unspecified atom stereocenters. The van der Waals surface area contributed by atoms with Gasteiger partial charge in [-0.05, 0) is 36.4 Å². The molecule has 0 saturated heterocycles. The maximum Gasteiger partial charge on any atom is 0.270 e. The van der Waals surface area contributed by atoms with Crippen molar-refractivity contribution < 1.29 is 14.5 Å². The van der Waals surface area contributed by atoms with Gasteiger partial charge in [-0.3, -0.25) is 19.5 Å². The number of aromatic nitrogens is 3. The van der Waals surface area contributed by atoms with Crippen LogP contribution in [0.1, 0.15) is 5.56 Å². The van der Waals surface area contributed by atoms with E-state index in [1.165, 1.54) is 30.1 Å². The minimum absolute atomic E-state index is 0.0415. The number of benzene rings is 3. The third kappa shape index (κ3) is 5.89. The van der Waals surface area contributed by atoms with Gasteiger partial charge in [-0.25, -0.2) is 5.43 Å². The summed E-state index contributed by atoms with van der Waals surface area (Å²) < 4.78 is 7.12. The molecule has 11 heteroatoms. The normalized spacial score (nSPS) is 10.9. The Balaban J connectivity index is 1.48. The van der Waals surface area contributed by atoms with Crippen LogP contribution >= 0.6 is 11.8 Å². The number of hydrogen-bond acceptors (Lipinski definition) is 8. The van der Waals surface area contributed by atoms with Crippen LogP contribution in [0.25, 0.3) is 17.1 Å². The van der Waals surface area contributed by atoms with Crippen LogP contribution in [0.4, 0.5) is 5.69 Å². The molecular weight excluding hydrogens is 468 g/mol. The van der Waals surface area contributed by atoms with Crippen LogP contribution in [0, 0.1) is 10.1 Å². The lowest BCUT2D eigenvalue weighted by molar-refractivity contribution is -0.384. The molecule has 0 aliphatic carbocycles. The Bertz CT molecular complexity index is 1360. The van der Waals surface area contributed by atoms with Gasteiger partial charge in [0, 0.05) is 28.9 Å². The van der Waals surface area contributed by atoms with Crippen molar-refractivity contribution in [3.63, 3.8) is 0 Å². The molecule has 0 bridgehead atoms. The summed E-state index contributed by atoms with van der Waals surface area (Å²) in [5.41, 5.74) is 4.58. The van der Waals surface area contributed by atoms with E-state index in [0.717, 1.165) is 17.0 Å². The highest BCUT2D eigenvalue weighted by Gasteiger charge is 2.17. The summed E-state index contributed by atoms with van der Waals surface area (Å²) in [4.78, 5) is 22.7. The smallest absolute Gasteiger partial charge is 0.270 e. The largest absolute Gasteiger partial charge is 0.497 e. The number of nitrogens with zero attached hydrogens (tertiary/aromatic N) is 5. The topological polar surface area (TPSA) is 125 Å². The quantitative estimate of drug-likeness (QED) is 0.163. The highest BCUT2D eigenvalue weighted by atomic mass is 32.2. The van der Waals surface area contributed by atoms with Gasteiger partial charge < -0.3 is 4.74 Å². The van der Waals surface area contributed by atoms with Gasteiger partial charge in [-0.1, -0.05) is 42.1 Å². The molecule has 0 spiro atoms. The molecule has 35 heavy (non-hydrogen) atoms. The molecule has 0 aliphatic rings. The standard InChI is InChI=1S/C24H20N6O4S/c1-34-21-12-10-18(11-13-21)23-27-28-24(29(23)19-7-3-2-4-8-19)35-16-22(31)26-25-15-17-6-5-9-20(14-17)30(32)33/h2-15H,16H2,1H3,(H,26,31)/b25-15-. The number of para-hydroxylation sites is 1. The number of nitrogens with one attached hydrogen (secondary N) is 1. The van der Waals surface area contributed by atoms with Crippen molar-refractivity contribution in [2.75, 3.05) is 12.9 Å². The van der Waals surface area contributed by atoms with E-state index in [-0.39, 0.29) is 17.3 Å². The molecule has 1 heterocycles. The molecule has 0 saturated carbocycles. The van der Waals surface area contributed by atoms with E-state index >= 15 is 0 Å². The Kier molecular flexibility index (Phi) is 7.48. The summed E-state index contributed by atoms with van der Waals surface area (Å²) in [5, 5.41) is 24.0. The maximum absolute atomic E-state index is 12.4. The molecule has 1 aromatic heterocycles. The molecule has 4 rings (SSSR count). The molecule has 0 aliphatic heterocycles. The first-order valence-corrected chi connectivity index (χ1v) is 11.4. The number of rotatable bonds is 9. The number of nitro benzene ring substituents is 1. The Labute approximate surface area is 204 Å². The lowest BCUT2D eigenvalue weighted by Crippen LogP contribution is -2.20. The number of nitro groups is 1. The molecule has 3 aromatic carbocycles. The lowest BCUT2D eigenvalue weighted by Gasteiger charge is -2.10. The predicted molar refractivity (Wildman–Crippen MR) is 133 cm³/mol. The van der Waals surface area contributed by atoms with Gasteiger partial charge in [0.2, 0.25) is 0 Å². The molecule has 0 fully saturated rings. The number of ether oxygens (including phenoxy) is 1. The minimum Gasteiger partial charge on any atom is -0.497 e. The first kappa shape index (κ1) is 23.6. The molecule has 0 atom stereocenters. The van der Waals surface area contributed by atoms with Gasteiger partial charge in [-0.15, -0.1) is 10.2 Å². The van der Waals surface area contributed by atoms with Gasteiger partial charge in [0.05, 0.1) is 24.0 Å². The van der Waals surface area contributed by atoms with Gasteiger partial charge in [-0.2, -0.15) is 5.10 Å². The fraction of sp³-hybridized carbons (Fsp3) is 0.0833. The Morgan fingerprint density at radius 2 is 1.89 bits per heavy atom. The number of amides is 1. The molecule has 0 radical (unpaired) electrons. The summed E-state index contributed by atoms with van der Waals surface area (Å²) in [5.74, 6) is 1.05. The van der Waals surface area contributed by atoms with Crippen molar-refractivity contribution in [1.29, 1.82) is 0 Å². The van der Waals surface area contributed by atoms with Gasteiger partial charge in [0.25, 0.3) is 11.6 Å². The van der Waals surface area contributed by atoms with Crippen molar-refractivity contribution in [2.45, 2.75) is 5.16 Å². The van der Waals surface area contributed by atoms with E-state index in [2.05, 4.69) is 20.7 Å². The van der Waals surface area contributed by atoms with Crippen LogP contribution in [0.15, 0.2) is 89.1 Å². The number of hydrogen-bond donors (Lipinski definition) is 1. The second kappa shape index (κ2) is 11.1. The third-order valence-electron chi connectivity index (χ3n) is 4.81. The van der Waals surface area contributed by atoms with Gasteiger partial charge >= 0.3 is 0 Å². The van der Waals surface area contributed by atoms with Crippen LogP contribution in [0.3, 0.4) is 0 Å². The van der Waals surface area contributed by atoms with Crippen LogP contribution in [-0.4, -0.2) is 44.7 Å². The third-order valence-corrected chi connectivity index (χ3v) is 5.74. The zero-order valence-corrected chi connectivity index (χ0v) is 19.4. The number of methoxy groups -OCH3 is 1. The van der Waals surface area contributed by atoms with E-state index in [9.17, 15) is 14.9 Å². The first-order valence-electron chi connectivity index (χ1n) is 10.4. The monoisotopic (exact) mass is 488 g/mol. The molecule has 176 valence electrons. The number of non-ortho nitro benzene ring substituents is 1. The summed E-state index contributed by atoms with van der Waals surface area (Å²) >= 11 is 1.22. The van der Waals surface area contributed by atoms with E-state index in [0.29, 0.717) is 16.5 Å². The average Bonchev–Trinajstić information content (AvgIpc) is 3.32. The second-order valence-corrected chi connectivity index (χ2v) is 8.08. The van der Waals surface area contributed by atoms with Crippen LogP contribution in [0.5, 0.6) is 5.75 Å². The van der Waals surface area contributed by atoms with E-state index in [4.69, 9.17) is 4.74 Å². The van der Waals surface area contributed by atoms with Crippen molar-refractivity contribution in [2.24, 2.45) is 5.10 Å². The Hall–Kier alpha value is -4.51. The molecular formula is C24H20N6O4S. The van der Waals surface area contributed by atoms with Gasteiger partial charge in [0.1, 0.15) is 5.75 Å². The summed E-state index contributed by atoms with van der Waals surface area (Å²) in [7, 11) is 1.61. The molecule has 10 nitrogen and oxygen atoms in total. The fourth-order valence-corrected chi connectivity index (χ4v) is 3.90. The molecule has 1 amide bonds. The van der Waals surface area contributed by atoms with E-state index < -0.39 is 4.92 Å². The SMILES string of the molecule is COc1ccc(-c2nnc(SCC(=O)N/N=C\c3cccc([N+](=O)[O-])c3)n2-c2ccccc2)cc1.